The molecule has 1 saturated carbocycles. The largest absolute Gasteiger partial charge is 0.384 e. The van der Waals surface area contributed by atoms with Crippen molar-refractivity contribution in [2.24, 2.45) is 11.7 Å². The van der Waals surface area contributed by atoms with E-state index in [1.54, 1.807) is 11.8 Å². The fourth-order valence-corrected chi connectivity index (χ4v) is 7.61. The fourth-order valence-electron chi connectivity index (χ4n) is 6.39. The minimum Gasteiger partial charge on any atom is -0.384 e. The standard InChI is InChI=1S/C28H36N4OS/c1-18-7-5-8-19(2)32(18)23-14-13-20(15-23)17-31-24-11-3-4-12-25(24)34-26(28(31)33)21-9-6-10-22(16-21)27(29)30/h3-4,6,9-12,16,18-20,23,26H,5,7-8,13-15,17H2,1-2H3,(H3,29,30)/t18-,19+,20?,23?,26?. The summed E-state index contributed by atoms with van der Waals surface area (Å²) in [5.41, 5.74) is 8.36. The number of carbonyl (C=O) groups is 1. The Hall–Kier alpha value is -2.31. The molecule has 2 aromatic rings. The number of thioether (sulfide) groups is 1. The van der Waals surface area contributed by atoms with Gasteiger partial charge in [-0.1, -0.05) is 36.8 Å². The first-order valence-corrected chi connectivity index (χ1v) is 13.6. The zero-order valence-corrected chi connectivity index (χ0v) is 21.1. The third-order valence-electron chi connectivity index (χ3n) is 8.03. The summed E-state index contributed by atoms with van der Waals surface area (Å²) in [5, 5.41) is 7.49. The zero-order chi connectivity index (χ0) is 23.8. The molecule has 0 bridgehead atoms. The predicted molar refractivity (Wildman–Crippen MR) is 141 cm³/mol. The van der Waals surface area contributed by atoms with Crippen molar-refractivity contribution in [3.63, 3.8) is 0 Å². The van der Waals surface area contributed by atoms with Crippen LogP contribution in [0.25, 0.3) is 0 Å². The quantitative estimate of drug-likeness (QED) is 0.436. The molecule has 3 unspecified atom stereocenters. The molecular formula is C28H36N4OS. The molecule has 3 N–H and O–H groups in total. The molecule has 2 fully saturated rings. The normalized spacial score (nSPS) is 29.8. The SMILES string of the molecule is C[C@@H]1CCC[C@H](C)N1C1CCC(CN2C(=O)C(c3cccc(C(=N)N)c3)Sc3ccccc32)C1. The molecule has 5 atom stereocenters. The number of hydrogen-bond acceptors (Lipinski definition) is 4. The molecule has 1 aliphatic carbocycles. The molecule has 1 saturated heterocycles. The Bertz CT molecular complexity index is 1060. The second kappa shape index (κ2) is 9.74. The molecule has 0 spiro atoms. The first-order valence-electron chi connectivity index (χ1n) is 12.7. The van der Waals surface area contributed by atoms with Crippen molar-refractivity contribution in [2.75, 3.05) is 11.4 Å². The van der Waals surface area contributed by atoms with Crippen molar-refractivity contribution in [1.29, 1.82) is 5.41 Å². The molecule has 2 aliphatic heterocycles. The smallest absolute Gasteiger partial charge is 0.245 e. The molecule has 0 aromatic heterocycles. The number of rotatable bonds is 5. The Labute approximate surface area is 207 Å². The Kier molecular flexibility index (Phi) is 6.72. The summed E-state index contributed by atoms with van der Waals surface area (Å²) in [6.45, 7) is 5.57. The number of nitrogens with two attached hydrogens (primary N) is 1. The number of nitrogens with zero attached hydrogens (tertiary/aromatic N) is 2. The van der Waals surface area contributed by atoms with Crippen LogP contribution in [0, 0.1) is 11.3 Å². The lowest BCUT2D eigenvalue weighted by atomic mass is 9.94. The second-order valence-corrected chi connectivity index (χ2v) is 11.5. The molecule has 3 aliphatic rings. The number of fused-ring (bicyclic) bond motifs is 1. The van der Waals surface area contributed by atoms with Gasteiger partial charge in [-0.15, -0.1) is 11.8 Å². The number of likely N-dealkylation sites (tertiary alicyclic amines) is 1. The van der Waals surface area contributed by atoms with Crippen LogP contribution < -0.4 is 10.6 Å². The lowest BCUT2D eigenvalue weighted by Crippen LogP contribution is -2.49. The van der Waals surface area contributed by atoms with Crippen LogP contribution >= 0.6 is 11.8 Å². The number of piperidine rings is 1. The van der Waals surface area contributed by atoms with Crippen molar-refractivity contribution in [3.05, 3.63) is 59.7 Å². The highest BCUT2D eigenvalue weighted by atomic mass is 32.2. The van der Waals surface area contributed by atoms with E-state index in [-0.39, 0.29) is 17.0 Å². The van der Waals surface area contributed by atoms with Gasteiger partial charge < -0.3 is 10.6 Å². The van der Waals surface area contributed by atoms with Gasteiger partial charge in [0.15, 0.2) is 0 Å². The minimum atomic E-state index is -0.312. The Morgan fingerprint density at radius 3 is 2.59 bits per heavy atom. The lowest BCUT2D eigenvalue weighted by Gasteiger charge is -2.43. The topological polar surface area (TPSA) is 73.4 Å². The van der Waals surface area contributed by atoms with E-state index in [9.17, 15) is 4.79 Å². The molecule has 2 aromatic carbocycles. The maximum Gasteiger partial charge on any atom is 0.245 e. The number of nitrogens with one attached hydrogen (secondary N) is 1. The van der Waals surface area contributed by atoms with E-state index in [1.165, 1.54) is 38.5 Å². The Balaban J connectivity index is 1.37. The van der Waals surface area contributed by atoms with Crippen LogP contribution in [0.5, 0.6) is 0 Å². The van der Waals surface area contributed by atoms with Gasteiger partial charge in [0.2, 0.25) is 5.91 Å². The van der Waals surface area contributed by atoms with Gasteiger partial charge in [0.05, 0.1) is 5.69 Å². The number of amides is 1. The molecular weight excluding hydrogens is 440 g/mol. The first kappa shape index (κ1) is 23.4. The van der Waals surface area contributed by atoms with Crippen LogP contribution in [0.4, 0.5) is 5.69 Å². The number of benzene rings is 2. The monoisotopic (exact) mass is 476 g/mol. The van der Waals surface area contributed by atoms with E-state index in [0.717, 1.165) is 22.7 Å². The van der Waals surface area contributed by atoms with Crippen LogP contribution in [0.15, 0.2) is 53.4 Å². The molecule has 6 heteroatoms. The summed E-state index contributed by atoms with van der Waals surface area (Å²) in [6.07, 6.45) is 7.56. The maximum absolute atomic E-state index is 13.9. The number of nitrogen functional groups attached to an aromatic ring is 1. The van der Waals surface area contributed by atoms with Gasteiger partial charge in [-0.3, -0.25) is 15.1 Å². The van der Waals surface area contributed by atoms with E-state index in [2.05, 4.69) is 30.9 Å². The highest BCUT2D eigenvalue weighted by molar-refractivity contribution is 8.00. The number of hydrogen-bond donors (Lipinski definition) is 2. The average Bonchev–Trinajstić information content (AvgIpc) is 3.28. The summed E-state index contributed by atoms with van der Waals surface area (Å²) in [5.74, 6) is 0.703. The molecule has 180 valence electrons. The van der Waals surface area contributed by atoms with Crippen LogP contribution in [-0.2, 0) is 4.79 Å². The fraction of sp³-hybridized carbons (Fsp3) is 0.500. The van der Waals surface area contributed by atoms with Gasteiger partial charge in [-0.05, 0) is 75.6 Å². The summed E-state index contributed by atoms with van der Waals surface area (Å²) in [6, 6.07) is 17.9. The Morgan fingerprint density at radius 1 is 1.06 bits per heavy atom. The van der Waals surface area contributed by atoms with Crippen molar-refractivity contribution in [2.45, 2.75) is 80.6 Å². The van der Waals surface area contributed by atoms with Gasteiger partial charge in [-0.25, -0.2) is 0 Å². The molecule has 5 nitrogen and oxygen atoms in total. The van der Waals surface area contributed by atoms with Crippen LogP contribution in [-0.4, -0.2) is 41.3 Å². The summed E-state index contributed by atoms with van der Waals surface area (Å²) in [7, 11) is 0. The molecule has 5 rings (SSSR count). The third-order valence-corrected chi connectivity index (χ3v) is 9.34. The summed E-state index contributed by atoms with van der Waals surface area (Å²) >= 11 is 1.61. The molecule has 2 heterocycles. The number of para-hydroxylation sites is 1. The number of anilines is 1. The maximum atomic E-state index is 13.9. The van der Waals surface area contributed by atoms with Crippen molar-refractivity contribution in [1.82, 2.24) is 4.90 Å². The average molecular weight is 477 g/mol. The van der Waals surface area contributed by atoms with E-state index in [4.69, 9.17) is 11.1 Å². The summed E-state index contributed by atoms with van der Waals surface area (Å²) in [4.78, 5) is 19.8. The van der Waals surface area contributed by atoms with Crippen LogP contribution in [0.1, 0.15) is 68.7 Å². The van der Waals surface area contributed by atoms with Crippen LogP contribution in [0.3, 0.4) is 0 Å². The van der Waals surface area contributed by atoms with Gasteiger partial charge in [0, 0.05) is 35.1 Å². The van der Waals surface area contributed by atoms with E-state index in [0.29, 0.717) is 29.6 Å². The Morgan fingerprint density at radius 2 is 1.82 bits per heavy atom. The lowest BCUT2D eigenvalue weighted by molar-refractivity contribution is -0.118. The van der Waals surface area contributed by atoms with Gasteiger partial charge in [-0.2, -0.15) is 0 Å². The highest BCUT2D eigenvalue weighted by Crippen LogP contribution is 2.47. The molecule has 0 radical (unpaired) electrons. The second-order valence-electron chi connectivity index (χ2n) is 10.4. The van der Waals surface area contributed by atoms with Gasteiger partial charge >= 0.3 is 0 Å². The first-order chi connectivity index (χ1) is 16.4. The number of amidine groups is 1. The third kappa shape index (κ3) is 4.50. The van der Waals surface area contributed by atoms with E-state index >= 15 is 0 Å². The predicted octanol–water partition coefficient (Wildman–Crippen LogP) is 5.58. The van der Waals surface area contributed by atoms with Crippen molar-refractivity contribution < 1.29 is 4.79 Å². The van der Waals surface area contributed by atoms with E-state index < -0.39 is 0 Å². The highest BCUT2D eigenvalue weighted by Gasteiger charge is 2.40. The number of carbonyl (C=O) groups excluding carboxylic acids is 1. The van der Waals surface area contributed by atoms with Crippen molar-refractivity contribution >= 4 is 29.2 Å². The summed E-state index contributed by atoms with van der Waals surface area (Å²) < 4.78 is 0. The van der Waals surface area contributed by atoms with Crippen molar-refractivity contribution in [3.8, 4) is 0 Å². The molecule has 34 heavy (non-hydrogen) atoms. The van der Waals surface area contributed by atoms with Gasteiger partial charge in [0.1, 0.15) is 11.1 Å². The minimum absolute atomic E-state index is 0.0329. The zero-order valence-electron chi connectivity index (χ0n) is 20.2. The van der Waals surface area contributed by atoms with Gasteiger partial charge in [0.25, 0.3) is 0 Å². The molecule has 1 amide bonds. The van der Waals surface area contributed by atoms with Crippen LogP contribution in [0.2, 0.25) is 0 Å². The van der Waals surface area contributed by atoms with E-state index in [1.807, 2.05) is 41.3 Å².